The zero-order valence-corrected chi connectivity index (χ0v) is 12.0. The summed E-state index contributed by atoms with van der Waals surface area (Å²) in [6.45, 7) is 2.06. The van der Waals surface area contributed by atoms with Gasteiger partial charge in [-0.1, -0.05) is 12.1 Å². The highest BCUT2D eigenvalue weighted by atomic mass is 32.2. The predicted molar refractivity (Wildman–Crippen MR) is 74.1 cm³/mol. The lowest BCUT2D eigenvalue weighted by molar-refractivity contribution is 0.0517. The molecule has 6 heteroatoms. The van der Waals surface area contributed by atoms with Crippen molar-refractivity contribution in [3.63, 3.8) is 0 Å². The molecule has 4 nitrogen and oxygen atoms in total. The van der Waals surface area contributed by atoms with E-state index >= 15 is 0 Å². The van der Waals surface area contributed by atoms with Crippen LogP contribution in [0.4, 0.5) is 4.39 Å². The van der Waals surface area contributed by atoms with Crippen molar-refractivity contribution in [2.24, 2.45) is 7.05 Å². The van der Waals surface area contributed by atoms with Crippen molar-refractivity contribution in [3.8, 4) is 11.3 Å². The SMILES string of the molecule is CCOC(=O)c1nn(C)c2c1CSc1c(F)cccc1-2. The molecule has 0 radical (unpaired) electrons. The van der Waals surface area contributed by atoms with Crippen LogP contribution in [-0.4, -0.2) is 22.4 Å². The molecule has 1 aromatic heterocycles. The van der Waals surface area contributed by atoms with Crippen LogP contribution in [0, 0.1) is 5.82 Å². The number of aromatic nitrogens is 2. The predicted octanol–water partition coefficient (Wildman–Crippen LogP) is 3.01. The van der Waals surface area contributed by atoms with E-state index in [-0.39, 0.29) is 5.82 Å². The molecule has 0 spiro atoms. The summed E-state index contributed by atoms with van der Waals surface area (Å²) >= 11 is 1.38. The number of fused-ring (bicyclic) bond motifs is 3. The van der Waals surface area contributed by atoms with Crippen LogP contribution >= 0.6 is 11.8 Å². The van der Waals surface area contributed by atoms with Crippen LogP contribution in [0.1, 0.15) is 23.0 Å². The monoisotopic (exact) mass is 292 g/mol. The van der Waals surface area contributed by atoms with Gasteiger partial charge >= 0.3 is 5.97 Å². The second kappa shape index (κ2) is 4.94. The molecule has 0 amide bonds. The number of thioether (sulfide) groups is 1. The molecule has 20 heavy (non-hydrogen) atoms. The van der Waals surface area contributed by atoms with Crippen molar-refractivity contribution in [1.82, 2.24) is 9.78 Å². The summed E-state index contributed by atoms with van der Waals surface area (Å²) < 4.78 is 20.5. The fourth-order valence-corrected chi connectivity index (χ4v) is 3.48. The maximum atomic E-state index is 13.8. The van der Waals surface area contributed by atoms with E-state index in [4.69, 9.17) is 4.74 Å². The van der Waals surface area contributed by atoms with Crippen molar-refractivity contribution in [1.29, 1.82) is 0 Å². The lowest BCUT2D eigenvalue weighted by atomic mass is 10.1. The summed E-state index contributed by atoms with van der Waals surface area (Å²) in [5.74, 6) is -0.146. The van der Waals surface area contributed by atoms with Crippen LogP contribution in [0.3, 0.4) is 0 Å². The summed E-state index contributed by atoms with van der Waals surface area (Å²) in [5, 5.41) is 4.25. The quantitative estimate of drug-likeness (QED) is 0.798. The van der Waals surface area contributed by atoms with Gasteiger partial charge in [0.05, 0.1) is 17.2 Å². The summed E-state index contributed by atoms with van der Waals surface area (Å²) in [5.41, 5.74) is 2.71. The largest absolute Gasteiger partial charge is 0.461 e. The molecule has 1 aliphatic rings. The Morgan fingerprint density at radius 2 is 2.35 bits per heavy atom. The zero-order valence-electron chi connectivity index (χ0n) is 11.1. The Kier molecular flexibility index (Phi) is 3.25. The third kappa shape index (κ3) is 1.91. The Hall–Kier alpha value is -1.82. The number of carbonyl (C=O) groups excluding carboxylic acids is 1. The first-order valence-electron chi connectivity index (χ1n) is 6.28. The number of rotatable bonds is 2. The lowest BCUT2D eigenvalue weighted by Gasteiger charge is -2.17. The van der Waals surface area contributed by atoms with Crippen molar-refractivity contribution in [2.75, 3.05) is 6.61 Å². The number of halogens is 1. The Morgan fingerprint density at radius 3 is 3.10 bits per heavy atom. The van der Waals surface area contributed by atoms with Gasteiger partial charge in [0.25, 0.3) is 0 Å². The molecular weight excluding hydrogens is 279 g/mol. The van der Waals surface area contributed by atoms with Crippen LogP contribution in [0.15, 0.2) is 23.1 Å². The van der Waals surface area contributed by atoms with E-state index in [1.54, 1.807) is 24.7 Å². The fourth-order valence-electron chi connectivity index (χ4n) is 2.39. The van der Waals surface area contributed by atoms with E-state index in [9.17, 15) is 9.18 Å². The number of hydrogen-bond donors (Lipinski definition) is 0. The third-order valence-electron chi connectivity index (χ3n) is 3.20. The maximum Gasteiger partial charge on any atom is 0.359 e. The van der Waals surface area contributed by atoms with Crippen molar-refractivity contribution >= 4 is 17.7 Å². The molecule has 0 unspecified atom stereocenters. The molecule has 0 N–H and O–H groups in total. The molecule has 0 bridgehead atoms. The van der Waals surface area contributed by atoms with Crippen LogP contribution in [0.5, 0.6) is 0 Å². The molecule has 3 rings (SSSR count). The average molecular weight is 292 g/mol. The summed E-state index contributed by atoms with van der Waals surface area (Å²) in [7, 11) is 1.76. The van der Waals surface area contributed by atoms with Crippen LogP contribution in [-0.2, 0) is 17.5 Å². The Balaban J connectivity index is 2.17. The highest BCUT2D eigenvalue weighted by molar-refractivity contribution is 7.98. The third-order valence-corrected chi connectivity index (χ3v) is 4.33. The average Bonchev–Trinajstić information content (AvgIpc) is 2.77. The van der Waals surface area contributed by atoms with Gasteiger partial charge in [0.2, 0.25) is 0 Å². The standard InChI is InChI=1S/C14H13FN2O2S/c1-3-19-14(18)11-9-7-20-13-8(5-4-6-10(13)15)12(9)17(2)16-11/h4-6H,3,7H2,1-2H3. The molecule has 104 valence electrons. The summed E-state index contributed by atoms with van der Waals surface area (Å²) in [6, 6.07) is 4.96. The Morgan fingerprint density at radius 1 is 1.55 bits per heavy atom. The highest BCUT2D eigenvalue weighted by Crippen LogP contribution is 2.43. The van der Waals surface area contributed by atoms with Crippen LogP contribution in [0.2, 0.25) is 0 Å². The van der Waals surface area contributed by atoms with Gasteiger partial charge in [-0.2, -0.15) is 5.10 Å². The van der Waals surface area contributed by atoms with Gasteiger partial charge in [0.15, 0.2) is 5.69 Å². The molecule has 0 atom stereocenters. The molecule has 0 saturated carbocycles. The Labute approximate surface area is 119 Å². The van der Waals surface area contributed by atoms with Crippen molar-refractivity contribution < 1.29 is 13.9 Å². The molecule has 0 saturated heterocycles. The molecular formula is C14H13FN2O2S. The van der Waals surface area contributed by atoms with Gasteiger partial charge in [-0.3, -0.25) is 4.68 Å². The number of ether oxygens (including phenoxy) is 1. The Bertz CT molecular complexity index is 697. The molecule has 0 fully saturated rings. The maximum absolute atomic E-state index is 13.8. The number of benzene rings is 1. The highest BCUT2D eigenvalue weighted by Gasteiger charge is 2.29. The minimum atomic E-state index is -0.426. The fraction of sp³-hybridized carbons (Fsp3) is 0.286. The lowest BCUT2D eigenvalue weighted by Crippen LogP contribution is -2.08. The normalized spacial score (nSPS) is 12.8. The summed E-state index contributed by atoms with van der Waals surface area (Å²) in [6.07, 6.45) is 0. The molecule has 1 aliphatic heterocycles. The first-order chi connectivity index (χ1) is 9.63. The number of aryl methyl sites for hydroxylation is 1. The minimum absolute atomic E-state index is 0.239. The number of hydrogen-bond acceptors (Lipinski definition) is 4. The molecule has 2 heterocycles. The number of nitrogens with zero attached hydrogens (tertiary/aromatic N) is 2. The second-order valence-electron chi connectivity index (χ2n) is 4.43. The van der Waals surface area contributed by atoms with E-state index < -0.39 is 5.97 Å². The number of esters is 1. The minimum Gasteiger partial charge on any atom is -0.461 e. The first-order valence-corrected chi connectivity index (χ1v) is 7.26. The van der Waals surface area contributed by atoms with Gasteiger partial charge in [-0.05, 0) is 13.0 Å². The van der Waals surface area contributed by atoms with Crippen LogP contribution in [0.25, 0.3) is 11.3 Å². The van der Waals surface area contributed by atoms with E-state index in [1.165, 1.54) is 17.8 Å². The second-order valence-corrected chi connectivity index (χ2v) is 5.41. The smallest absolute Gasteiger partial charge is 0.359 e. The van der Waals surface area contributed by atoms with Crippen molar-refractivity contribution in [2.45, 2.75) is 17.6 Å². The molecule has 2 aromatic rings. The van der Waals surface area contributed by atoms with Gasteiger partial charge in [0, 0.05) is 23.9 Å². The molecule has 1 aromatic carbocycles. The topological polar surface area (TPSA) is 44.1 Å². The summed E-state index contributed by atoms with van der Waals surface area (Å²) in [4.78, 5) is 12.5. The van der Waals surface area contributed by atoms with E-state index in [2.05, 4.69) is 5.10 Å². The van der Waals surface area contributed by atoms with Gasteiger partial charge < -0.3 is 4.74 Å². The van der Waals surface area contributed by atoms with Gasteiger partial charge in [-0.25, -0.2) is 9.18 Å². The van der Waals surface area contributed by atoms with Crippen LogP contribution < -0.4 is 0 Å². The first kappa shape index (κ1) is 13.2. The number of carbonyl (C=O) groups is 1. The van der Waals surface area contributed by atoms with Crippen molar-refractivity contribution in [3.05, 3.63) is 35.3 Å². The van der Waals surface area contributed by atoms with Gasteiger partial charge in [-0.15, -0.1) is 11.8 Å². The van der Waals surface area contributed by atoms with E-state index in [1.807, 2.05) is 6.07 Å². The zero-order chi connectivity index (χ0) is 14.3. The van der Waals surface area contributed by atoms with E-state index in [0.717, 1.165) is 16.8 Å². The molecule has 0 aliphatic carbocycles. The van der Waals surface area contributed by atoms with Gasteiger partial charge in [0.1, 0.15) is 5.82 Å². The van der Waals surface area contributed by atoms with E-state index in [0.29, 0.717) is 22.9 Å².